The third kappa shape index (κ3) is 45.9. The molecule has 129 heavy (non-hydrogen) atoms. The van der Waals surface area contributed by atoms with Gasteiger partial charge in [-0.1, -0.05) is 186 Å². The van der Waals surface area contributed by atoms with Gasteiger partial charge in [-0.3, -0.25) is 19.2 Å². The van der Waals surface area contributed by atoms with Gasteiger partial charge in [0.05, 0.1) is 50.1 Å². The number of aliphatic hydroxyl groups is 1. The van der Waals surface area contributed by atoms with E-state index in [2.05, 4.69) is 149 Å². The van der Waals surface area contributed by atoms with Crippen molar-refractivity contribution in [2.75, 3.05) is 0 Å². The van der Waals surface area contributed by atoms with Gasteiger partial charge in [-0.05, 0) is 126 Å². The monoisotopic (exact) mass is 2150 g/mol. The van der Waals surface area contributed by atoms with Crippen molar-refractivity contribution in [3.8, 4) is 0 Å². The summed E-state index contributed by atoms with van der Waals surface area (Å²) in [6.07, 6.45) is 11.5. The van der Waals surface area contributed by atoms with E-state index >= 15 is 0 Å². The number of aromatic nitrogens is 28. The average molecular weight is 2160 g/mol. The minimum atomic E-state index is -2.06. The number of benzene rings is 4. The molecule has 0 fully saturated rings. The molecule has 0 saturated heterocycles. The predicted octanol–water partition coefficient (Wildman–Crippen LogP) is 18.8. The molecule has 2 N–H and O–H groups in total. The van der Waals surface area contributed by atoms with E-state index in [-0.39, 0.29) is 201 Å². The minimum Gasteiger partial charge on any atom is -0.480 e. The number of Topliss-reactive ketones (excluding diaryl/α,β-unsaturated/α-hetero) is 2. The maximum absolute atomic E-state index is 14.4. The summed E-state index contributed by atoms with van der Waals surface area (Å²) in [7, 11) is 0. The summed E-state index contributed by atoms with van der Waals surface area (Å²) in [5.74, 6) is -11.8. The van der Waals surface area contributed by atoms with Crippen LogP contribution < -0.4 is 0 Å². The number of carboxylic acids is 1. The first-order chi connectivity index (χ1) is 55.0. The van der Waals surface area contributed by atoms with Crippen LogP contribution >= 0.6 is 89.9 Å². The standard InChI is InChI=1S/C15H12ClF3N6O.2C9H6F2N4O.2C6H5BrClFN2.C6H6ClFN2.C6H4F2.C3H3ClN4O.C3H4N4O2.11CH4.CH3.Pd/c1-8(13-12(19)14(16)21-6-20-13)15(26,5-25-7-22-23-24-25)10-3-2-9(17)4-11(10)18;2*10-6-1-2-7(8(11)3-6)9(16)4-15-5-12-13-14-15;2*1-3(7)5-4(9)6(8)11-2-10-5;1-2-4-5(8)6(7)10-3-9-4;7-5-2-1-3-6(8)4-5;4-3(9)1-8-2-5-6-7-8;8-3(9)1-7-2-4-5-6-7;;;;;;;;;;;;;/h2-4,6-8,26H,5H2,1H3;2*1-3,5H,4H2;2*2-3H,1H3;3H,2H2,1H3;1-4H;2H,1H2;2H,1H2,(H,8,9);11*1H4;1H3;/q;;;;;;;;;;;;;;;;;;;;-1;/t8-,15+;;;;;;;;;;;;;;;;;;;;;/m0...................../s1. The molecule has 718 valence electrons. The van der Waals surface area contributed by atoms with Crippen molar-refractivity contribution in [1.29, 1.82) is 0 Å². The molecule has 0 spiro atoms. The van der Waals surface area contributed by atoms with Crippen molar-refractivity contribution in [3.05, 3.63) is 273 Å². The van der Waals surface area contributed by atoms with Gasteiger partial charge in [0.2, 0.25) is 5.24 Å². The molecule has 9 aromatic heterocycles. The van der Waals surface area contributed by atoms with Gasteiger partial charge in [0, 0.05) is 56.2 Å². The number of rotatable bonds is 18. The Bertz CT molecular complexity index is 5060. The second-order valence-corrected chi connectivity index (χ2v) is 26.3. The molecule has 0 bridgehead atoms. The van der Waals surface area contributed by atoms with Gasteiger partial charge in [-0.15, -0.1) is 25.5 Å². The van der Waals surface area contributed by atoms with Crippen LogP contribution in [0.5, 0.6) is 0 Å². The third-order valence-electron chi connectivity index (χ3n) is 13.6. The van der Waals surface area contributed by atoms with E-state index in [4.69, 9.17) is 63.1 Å². The second kappa shape index (κ2) is 69.2. The van der Waals surface area contributed by atoms with Crippen molar-refractivity contribution in [2.45, 2.75) is 170 Å². The number of aliphatic carboxylic acids is 1. The normalized spacial score (nSPS) is 10.4. The zero-order valence-electron chi connectivity index (χ0n) is 60.2. The summed E-state index contributed by atoms with van der Waals surface area (Å²) in [5, 5.41) is 68.8. The summed E-state index contributed by atoms with van der Waals surface area (Å²) in [4.78, 5) is 71.8. The van der Waals surface area contributed by atoms with Crippen LogP contribution in [0.4, 0.5) is 52.7 Å². The number of hydrogen-bond acceptors (Lipinski definition) is 28. The Morgan fingerprint density at radius 1 is 0.411 bits per heavy atom. The molecule has 0 saturated carbocycles. The van der Waals surface area contributed by atoms with E-state index in [1.807, 2.05) is 6.92 Å². The van der Waals surface area contributed by atoms with Gasteiger partial charge in [0.1, 0.15) is 135 Å². The first kappa shape index (κ1) is 136. The molecule has 54 heteroatoms. The molecule has 9 heterocycles. The van der Waals surface area contributed by atoms with Gasteiger partial charge < -0.3 is 17.6 Å². The number of alkyl halides is 2. The molecule has 13 rings (SSSR count). The van der Waals surface area contributed by atoms with Gasteiger partial charge in [0.15, 0.2) is 55.4 Å². The molecule has 0 aliphatic heterocycles. The molecule has 4 atom stereocenters. The van der Waals surface area contributed by atoms with E-state index in [0.29, 0.717) is 30.3 Å². The Kier molecular flexibility index (Phi) is 73.1. The maximum Gasteiger partial charge on any atom is 0.325 e. The predicted molar refractivity (Wildman–Crippen MR) is 467 cm³/mol. The third-order valence-corrected chi connectivity index (χ3v) is 15.6. The molecule has 2 unspecified atom stereocenters. The van der Waals surface area contributed by atoms with Crippen molar-refractivity contribution in [2.24, 2.45) is 0 Å². The van der Waals surface area contributed by atoms with Crippen LogP contribution in [0.15, 0.2) is 136 Å². The molecule has 13 aromatic rings. The van der Waals surface area contributed by atoms with Gasteiger partial charge in [0.25, 0.3) is 0 Å². The second-order valence-electron chi connectivity index (χ2n) is 21.7. The fraction of sp³-hybridized carbons (Fsp3) is 0.333. The zero-order chi connectivity index (χ0) is 85.8. The van der Waals surface area contributed by atoms with Crippen LogP contribution in [0.2, 0.25) is 20.6 Å². The molecule has 0 amide bonds. The van der Waals surface area contributed by atoms with Gasteiger partial charge in [-0.25, -0.2) is 116 Å². The van der Waals surface area contributed by atoms with Crippen LogP contribution in [0.25, 0.3) is 0 Å². The number of hydrogen-bond donors (Lipinski definition) is 2. The summed E-state index contributed by atoms with van der Waals surface area (Å²) >= 11 is 33.2. The topological polar surface area (TPSA) is 430 Å². The molecule has 34 nitrogen and oxygen atoms in total. The quantitative estimate of drug-likeness (QED) is 0.0153. The Labute approximate surface area is 793 Å². The smallest absolute Gasteiger partial charge is 0.325 e. The summed E-state index contributed by atoms with van der Waals surface area (Å²) in [6, 6.07) is 12.8. The van der Waals surface area contributed by atoms with E-state index in [1.54, 1.807) is 13.8 Å². The molecular weight excluding hydrogens is 2060 g/mol. The Morgan fingerprint density at radius 3 is 1.00 bits per heavy atom. The molecule has 4 aromatic carbocycles. The SMILES string of the molecule is C.C.C.C.C.C.C.C.C.C.C.CC(Br)c1ncnc(Cl)c1F.CC(Br)c1ncnc(Cl)c1F.CCc1ncnc(Cl)c1F.C[C@@H](c1ncnc(Cl)c1F)[C@](O)(Cn1cnnn1)c1ccc(F)cc1F.Fc1cccc(F)c1.O=C(Cl)Cn1cnnn1.O=C(Cn1cnnn1)c1ccc(F)cc1F.O=C(Cn1cnnn1)c1ccc(F)cc1F.O=C(O)Cn1cnnn1.[CH3-].[Pd]. The Morgan fingerprint density at radius 2 is 0.713 bits per heavy atom. The van der Waals surface area contributed by atoms with E-state index < -0.39 is 109 Å². The fourth-order valence-corrected chi connectivity index (χ4v) is 9.56. The number of carbonyl (C=O) groups excluding carboxylic acids is 3. The number of aryl methyl sites for hydroxylation is 1. The Balaban J connectivity index is -0.000000182. The Hall–Kier alpha value is -10.8. The zero-order valence-corrected chi connectivity index (χ0v) is 68.7. The summed E-state index contributed by atoms with van der Waals surface area (Å²) < 4.78 is 162. The number of carbonyl (C=O) groups is 4. The van der Waals surface area contributed by atoms with Crippen LogP contribution in [-0.4, -0.2) is 174 Å². The number of ketones is 2. The van der Waals surface area contributed by atoms with E-state index in [0.717, 1.165) is 67.5 Å². The van der Waals surface area contributed by atoms with Crippen molar-refractivity contribution in [1.82, 2.24) is 141 Å². The number of tetrazole rings is 5. The number of halogens is 19. The van der Waals surface area contributed by atoms with Crippen LogP contribution in [0.1, 0.15) is 174 Å². The van der Waals surface area contributed by atoms with Crippen LogP contribution in [0.3, 0.4) is 0 Å². The first-order valence-electron chi connectivity index (χ1n) is 31.4. The van der Waals surface area contributed by atoms with Gasteiger partial charge >= 0.3 is 5.97 Å². The average Bonchev–Trinajstić information content (AvgIpc) is 1.09. The molecule has 0 aliphatic carbocycles. The van der Waals surface area contributed by atoms with Gasteiger partial charge in [-0.2, -0.15) is 0 Å². The number of nitrogens with zero attached hydrogens (tertiary/aromatic N) is 28. The van der Waals surface area contributed by atoms with E-state index in [9.17, 15) is 77.0 Å². The van der Waals surface area contributed by atoms with Crippen LogP contribution in [-0.2, 0) is 74.8 Å². The molecular formula is C75H98Br2Cl5F12N28O6Pd-. The number of carboxylic acid groups (broad SMARTS) is 1. The van der Waals surface area contributed by atoms with Crippen molar-refractivity contribution >= 4 is 113 Å². The minimum absolute atomic E-state index is 0. The molecule has 0 radical (unpaired) electrons. The van der Waals surface area contributed by atoms with Crippen molar-refractivity contribution in [3.63, 3.8) is 0 Å². The maximum atomic E-state index is 14.4. The largest absolute Gasteiger partial charge is 0.480 e. The fourth-order valence-electron chi connectivity index (χ4n) is 8.22. The van der Waals surface area contributed by atoms with Crippen molar-refractivity contribution < 1.29 is 102 Å². The summed E-state index contributed by atoms with van der Waals surface area (Å²) in [5.41, 5.74) is -2.00. The first-order valence-corrected chi connectivity index (χ1v) is 35.2. The summed E-state index contributed by atoms with van der Waals surface area (Å²) in [6.45, 7) is 5.89. The van der Waals surface area contributed by atoms with Crippen LogP contribution in [0, 0.1) is 77.2 Å². The molecule has 0 aliphatic rings. The van der Waals surface area contributed by atoms with E-state index in [1.165, 1.54) is 80.4 Å².